The molecular weight excluding hydrogens is 264 g/mol. The maximum absolute atomic E-state index is 9.20. The van der Waals surface area contributed by atoms with E-state index in [2.05, 4.69) is 28.4 Å². The van der Waals surface area contributed by atoms with E-state index in [-0.39, 0.29) is 0 Å². The summed E-state index contributed by atoms with van der Waals surface area (Å²) in [5.74, 6) is 5.63. The maximum Gasteiger partial charge on any atom is 0.317 e. The number of ether oxygens (including phenoxy) is 1. The van der Waals surface area contributed by atoms with Crippen LogP contribution in [0.25, 0.3) is 11.3 Å². The van der Waals surface area contributed by atoms with Gasteiger partial charge in [-0.15, -0.1) is 0 Å². The summed E-state index contributed by atoms with van der Waals surface area (Å²) in [5.41, 5.74) is 2.49. The van der Waals surface area contributed by atoms with Gasteiger partial charge >= 0.3 is 6.01 Å². The third kappa shape index (κ3) is 4.44. The summed E-state index contributed by atoms with van der Waals surface area (Å²) in [7, 11) is 0. The van der Waals surface area contributed by atoms with Crippen LogP contribution in [0.2, 0.25) is 0 Å². The molecule has 0 aliphatic carbocycles. The number of aliphatic hydroxyl groups is 1. The van der Waals surface area contributed by atoms with Crippen molar-refractivity contribution in [2.45, 2.75) is 13.0 Å². The Labute approximate surface area is 124 Å². The monoisotopic (exact) mass is 280 g/mol. The average Bonchev–Trinajstić information content (AvgIpc) is 2.51. The summed E-state index contributed by atoms with van der Waals surface area (Å²) >= 11 is 0. The van der Waals surface area contributed by atoms with Gasteiger partial charge in [-0.1, -0.05) is 36.6 Å². The number of benzene rings is 1. The zero-order valence-electron chi connectivity index (χ0n) is 11.8. The first-order valence-electron chi connectivity index (χ1n) is 6.56. The van der Waals surface area contributed by atoms with E-state index in [4.69, 9.17) is 4.74 Å². The van der Waals surface area contributed by atoms with Crippen LogP contribution >= 0.6 is 0 Å². The van der Waals surface area contributed by atoms with Crippen LogP contribution in [0.1, 0.15) is 12.5 Å². The molecule has 106 valence electrons. The average molecular weight is 280 g/mol. The van der Waals surface area contributed by atoms with E-state index in [9.17, 15) is 5.11 Å². The molecule has 0 saturated heterocycles. The van der Waals surface area contributed by atoms with E-state index in [0.29, 0.717) is 12.6 Å². The van der Waals surface area contributed by atoms with E-state index < -0.39 is 6.10 Å². The van der Waals surface area contributed by atoms with E-state index in [0.717, 1.165) is 16.8 Å². The molecule has 4 heteroatoms. The zero-order valence-corrected chi connectivity index (χ0v) is 11.8. The van der Waals surface area contributed by atoms with Crippen LogP contribution in [0.15, 0.2) is 49.2 Å². The summed E-state index contributed by atoms with van der Waals surface area (Å²) in [4.78, 5) is 8.38. The van der Waals surface area contributed by atoms with Crippen LogP contribution in [0.5, 0.6) is 6.01 Å². The fraction of sp³-hybridized carbons (Fsp3) is 0.176. The SMILES string of the molecule is C=CCOc1nccc(-c2cccc(C#CC(C)O)c2)n1. The Balaban J connectivity index is 2.28. The van der Waals surface area contributed by atoms with E-state index in [1.807, 2.05) is 30.3 Å². The third-order valence-corrected chi connectivity index (χ3v) is 2.55. The van der Waals surface area contributed by atoms with Crippen molar-refractivity contribution in [1.82, 2.24) is 9.97 Å². The van der Waals surface area contributed by atoms with Gasteiger partial charge < -0.3 is 9.84 Å². The lowest BCUT2D eigenvalue weighted by atomic mass is 10.1. The number of aromatic nitrogens is 2. The second-order valence-corrected chi connectivity index (χ2v) is 4.35. The van der Waals surface area contributed by atoms with Gasteiger partial charge in [-0.05, 0) is 25.1 Å². The predicted molar refractivity (Wildman–Crippen MR) is 81.7 cm³/mol. The fourth-order valence-corrected chi connectivity index (χ4v) is 1.65. The van der Waals surface area contributed by atoms with Crippen LogP contribution in [0, 0.1) is 11.8 Å². The van der Waals surface area contributed by atoms with E-state index in [1.165, 1.54) is 0 Å². The zero-order chi connectivity index (χ0) is 15.1. The second kappa shape index (κ2) is 7.22. The van der Waals surface area contributed by atoms with Crippen molar-refractivity contribution in [2.24, 2.45) is 0 Å². The first-order chi connectivity index (χ1) is 10.2. The second-order valence-electron chi connectivity index (χ2n) is 4.35. The standard InChI is InChI=1S/C17H16N2O2/c1-3-11-21-17-18-10-9-16(19-17)15-6-4-5-14(12-15)8-7-13(2)20/h3-6,9-10,12-13,20H,1,11H2,2H3. The number of hydrogen-bond donors (Lipinski definition) is 1. The summed E-state index contributed by atoms with van der Waals surface area (Å²) in [6.07, 6.45) is 2.64. The van der Waals surface area contributed by atoms with Gasteiger partial charge in [-0.25, -0.2) is 4.98 Å². The lowest BCUT2D eigenvalue weighted by molar-refractivity contribution is 0.253. The van der Waals surface area contributed by atoms with Crippen molar-refractivity contribution in [2.75, 3.05) is 6.61 Å². The lowest BCUT2D eigenvalue weighted by Gasteiger charge is -2.04. The van der Waals surface area contributed by atoms with Gasteiger partial charge in [0.2, 0.25) is 0 Å². The first kappa shape index (κ1) is 14.8. The molecule has 1 unspecified atom stereocenters. The van der Waals surface area contributed by atoms with Crippen molar-refractivity contribution in [3.63, 3.8) is 0 Å². The smallest absolute Gasteiger partial charge is 0.317 e. The molecule has 0 radical (unpaired) electrons. The molecular formula is C17H16N2O2. The van der Waals surface area contributed by atoms with Crippen molar-refractivity contribution in [3.8, 4) is 29.1 Å². The van der Waals surface area contributed by atoms with Gasteiger partial charge in [0.25, 0.3) is 0 Å². The molecule has 0 fully saturated rings. The Hall–Kier alpha value is -2.64. The maximum atomic E-state index is 9.20. The topological polar surface area (TPSA) is 55.2 Å². The van der Waals surface area contributed by atoms with Gasteiger partial charge in [0.05, 0.1) is 5.69 Å². The van der Waals surface area contributed by atoms with E-state index >= 15 is 0 Å². The fourth-order valence-electron chi connectivity index (χ4n) is 1.65. The minimum absolute atomic E-state index is 0.313. The van der Waals surface area contributed by atoms with Crippen molar-refractivity contribution in [1.29, 1.82) is 0 Å². The summed E-state index contributed by atoms with van der Waals surface area (Å²) in [6, 6.07) is 9.75. The van der Waals surface area contributed by atoms with Crippen LogP contribution < -0.4 is 4.74 Å². The Kier molecular flexibility index (Phi) is 5.08. The first-order valence-corrected chi connectivity index (χ1v) is 6.56. The van der Waals surface area contributed by atoms with Gasteiger partial charge in [-0.3, -0.25) is 0 Å². The lowest BCUT2D eigenvalue weighted by Crippen LogP contribution is -1.98. The molecule has 0 bridgehead atoms. The highest BCUT2D eigenvalue weighted by atomic mass is 16.5. The Morgan fingerprint density at radius 2 is 2.29 bits per heavy atom. The molecule has 0 aliphatic rings. The summed E-state index contributed by atoms with van der Waals surface area (Å²) < 4.78 is 5.33. The van der Waals surface area contributed by atoms with Crippen LogP contribution in [-0.4, -0.2) is 27.8 Å². The molecule has 1 atom stereocenters. The van der Waals surface area contributed by atoms with Crippen molar-refractivity contribution in [3.05, 3.63) is 54.7 Å². The molecule has 1 aromatic heterocycles. The largest absolute Gasteiger partial charge is 0.459 e. The van der Waals surface area contributed by atoms with Crippen molar-refractivity contribution >= 4 is 0 Å². The quantitative estimate of drug-likeness (QED) is 0.690. The molecule has 0 spiro atoms. The molecule has 0 saturated carbocycles. The van der Waals surface area contributed by atoms with Gasteiger partial charge in [0.1, 0.15) is 12.7 Å². The molecule has 0 amide bonds. The van der Waals surface area contributed by atoms with Gasteiger partial charge in [0.15, 0.2) is 0 Å². The molecule has 4 nitrogen and oxygen atoms in total. The Morgan fingerprint density at radius 1 is 1.43 bits per heavy atom. The number of rotatable bonds is 4. The number of nitrogens with zero attached hydrogens (tertiary/aromatic N) is 2. The molecule has 0 aliphatic heterocycles. The summed E-state index contributed by atoms with van der Waals surface area (Å²) in [6.45, 7) is 5.58. The highest BCUT2D eigenvalue weighted by Gasteiger charge is 2.03. The number of aliphatic hydroxyl groups excluding tert-OH is 1. The van der Waals surface area contributed by atoms with Crippen LogP contribution in [0.4, 0.5) is 0 Å². The van der Waals surface area contributed by atoms with Gasteiger partial charge in [-0.2, -0.15) is 4.98 Å². The molecule has 21 heavy (non-hydrogen) atoms. The normalized spacial score (nSPS) is 11.1. The Bertz CT molecular complexity index is 684. The van der Waals surface area contributed by atoms with Gasteiger partial charge in [0, 0.05) is 17.3 Å². The highest BCUT2D eigenvalue weighted by Crippen LogP contribution is 2.19. The minimum atomic E-state index is -0.647. The van der Waals surface area contributed by atoms with Crippen LogP contribution in [0.3, 0.4) is 0 Å². The number of hydrogen-bond acceptors (Lipinski definition) is 4. The summed E-state index contributed by atoms with van der Waals surface area (Å²) in [5, 5.41) is 9.20. The molecule has 1 N–H and O–H groups in total. The molecule has 2 rings (SSSR count). The Morgan fingerprint density at radius 3 is 3.05 bits per heavy atom. The van der Waals surface area contributed by atoms with Crippen LogP contribution in [-0.2, 0) is 0 Å². The molecule has 2 aromatic rings. The van der Waals surface area contributed by atoms with Crippen molar-refractivity contribution < 1.29 is 9.84 Å². The predicted octanol–water partition coefficient (Wildman–Crippen LogP) is 2.44. The molecule has 1 heterocycles. The molecule has 1 aromatic carbocycles. The third-order valence-electron chi connectivity index (χ3n) is 2.55. The van der Waals surface area contributed by atoms with E-state index in [1.54, 1.807) is 19.2 Å². The highest BCUT2D eigenvalue weighted by molar-refractivity contribution is 5.61. The minimum Gasteiger partial charge on any atom is -0.459 e.